The molecule has 0 aliphatic rings. The fourth-order valence-electron chi connectivity index (χ4n) is 2.78. The van der Waals surface area contributed by atoms with Gasteiger partial charge in [-0.3, -0.25) is 4.40 Å². The molecule has 0 bridgehead atoms. The van der Waals surface area contributed by atoms with Crippen LogP contribution in [0.1, 0.15) is 5.56 Å². The van der Waals surface area contributed by atoms with Gasteiger partial charge in [-0.05, 0) is 87.6 Å². The third kappa shape index (κ3) is 3.87. The van der Waals surface area contributed by atoms with Crippen LogP contribution >= 0.6 is 68.4 Å². The first-order chi connectivity index (χ1) is 13.4. The van der Waals surface area contributed by atoms with Crippen molar-refractivity contribution >= 4 is 86.1 Å². The monoisotopic (exact) mass is 633 g/mol. The number of pyridine rings is 1. The van der Waals surface area contributed by atoms with Gasteiger partial charge in [-0.2, -0.15) is 0 Å². The number of imidazole rings is 1. The van der Waals surface area contributed by atoms with Gasteiger partial charge in [0.05, 0.1) is 8.59 Å². The summed E-state index contributed by atoms with van der Waals surface area (Å²) in [5.74, 6) is 0.817. The summed E-state index contributed by atoms with van der Waals surface area (Å²) in [6, 6.07) is 14.8. The molecule has 28 heavy (non-hydrogen) atoms. The van der Waals surface area contributed by atoms with Crippen LogP contribution in [0.3, 0.4) is 0 Å². The predicted octanol–water partition coefficient (Wildman–Crippen LogP) is 6.97. The zero-order valence-electron chi connectivity index (χ0n) is 14.1. The fraction of sp³-hybridized carbons (Fsp3) is 0. The van der Waals surface area contributed by atoms with Crippen LogP contribution < -0.4 is 0 Å². The number of fused-ring (bicyclic) bond motifs is 1. The maximum Gasteiger partial charge on any atom is 0.165 e. The van der Waals surface area contributed by atoms with Crippen molar-refractivity contribution in [3.05, 3.63) is 77.5 Å². The molecule has 0 unspecified atom stereocenters. The van der Waals surface area contributed by atoms with E-state index < -0.39 is 0 Å². The van der Waals surface area contributed by atoms with E-state index in [1.165, 1.54) is 0 Å². The van der Waals surface area contributed by atoms with Crippen LogP contribution in [-0.2, 0) is 0 Å². The van der Waals surface area contributed by atoms with Crippen LogP contribution in [-0.4, -0.2) is 20.7 Å². The van der Waals surface area contributed by atoms with Crippen LogP contribution in [0.5, 0.6) is 5.75 Å². The Bertz CT molecular complexity index is 1240. The number of hydrogen-bond acceptors (Lipinski definition) is 3. The summed E-state index contributed by atoms with van der Waals surface area (Å²) in [6.45, 7) is 0. The number of nitrogens with zero attached hydrogens (tertiary/aromatic N) is 3. The van der Waals surface area contributed by atoms with Gasteiger partial charge < -0.3 is 5.11 Å². The molecule has 0 aliphatic heterocycles. The van der Waals surface area contributed by atoms with Gasteiger partial charge in [0, 0.05) is 32.1 Å². The molecule has 2 heterocycles. The lowest BCUT2D eigenvalue weighted by Gasteiger charge is -2.05. The van der Waals surface area contributed by atoms with Crippen LogP contribution in [0, 0.1) is 7.14 Å². The van der Waals surface area contributed by atoms with E-state index in [0.29, 0.717) is 27.1 Å². The number of aliphatic imine (C=N–C) groups is 1. The normalized spacial score (nSPS) is 11.6. The quantitative estimate of drug-likeness (QED) is 0.196. The number of halogens is 4. The molecule has 8 heteroatoms. The number of phenols is 1. The number of benzene rings is 2. The summed E-state index contributed by atoms with van der Waals surface area (Å²) < 4.78 is 3.66. The van der Waals surface area contributed by atoms with Gasteiger partial charge in [0.2, 0.25) is 0 Å². The van der Waals surface area contributed by atoms with Crippen molar-refractivity contribution in [1.82, 2.24) is 9.38 Å². The fourth-order valence-corrected chi connectivity index (χ4v) is 5.17. The lowest BCUT2D eigenvalue weighted by molar-refractivity contribution is 0.470. The van der Waals surface area contributed by atoms with Crippen LogP contribution in [0.25, 0.3) is 16.9 Å². The molecule has 0 spiro atoms. The van der Waals surface area contributed by atoms with Crippen molar-refractivity contribution in [3.8, 4) is 17.0 Å². The Morgan fingerprint density at radius 2 is 1.89 bits per heavy atom. The molecule has 4 nitrogen and oxygen atoms in total. The molecule has 0 aliphatic carbocycles. The van der Waals surface area contributed by atoms with Crippen molar-refractivity contribution in [2.24, 2.45) is 4.99 Å². The molecule has 0 fully saturated rings. The number of rotatable bonds is 3. The highest BCUT2D eigenvalue weighted by Gasteiger charge is 2.16. The third-order valence-electron chi connectivity index (χ3n) is 4.07. The highest BCUT2D eigenvalue weighted by Crippen LogP contribution is 2.37. The third-order valence-corrected chi connectivity index (χ3v) is 6.07. The minimum absolute atomic E-state index is 0.199. The SMILES string of the molecule is Oc1c(I)cc(I)cc1/C=N/c1c(-c2ccc(Cl)cc2Cl)nc2ccccn12. The number of hydrogen-bond donors (Lipinski definition) is 1. The zero-order valence-corrected chi connectivity index (χ0v) is 19.9. The van der Waals surface area contributed by atoms with Gasteiger partial charge in [0.25, 0.3) is 0 Å². The molecule has 4 rings (SSSR count). The van der Waals surface area contributed by atoms with Gasteiger partial charge in [0.1, 0.15) is 17.1 Å². The van der Waals surface area contributed by atoms with Crippen molar-refractivity contribution in [2.75, 3.05) is 0 Å². The van der Waals surface area contributed by atoms with E-state index in [0.717, 1.165) is 18.4 Å². The second-order valence-corrected chi connectivity index (χ2v) is 9.17. The van der Waals surface area contributed by atoms with E-state index in [1.54, 1.807) is 18.3 Å². The molecule has 0 atom stereocenters. The van der Waals surface area contributed by atoms with Gasteiger partial charge >= 0.3 is 0 Å². The second kappa shape index (κ2) is 8.17. The molecule has 2 aromatic carbocycles. The molecule has 0 saturated heterocycles. The van der Waals surface area contributed by atoms with Crippen LogP contribution in [0.2, 0.25) is 10.0 Å². The number of aromatic hydroxyl groups is 1. The molecule has 0 radical (unpaired) electrons. The summed E-state index contributed by atoms with van der Waals surface area (Å²) in [5, 5.41) is 11.4. The van der Waals surface area contributed by atoms with Crippen LogP contribution in [0.4, 0.5) is 5.82 Å². The number of aromatic nitrogens is 2. The maximum absolute atomic E-state index is 10.4. The highest BCUT2D eigenvalue weighted by molar-refractivity contribution is 14.1. The Balaban J connectivity index is 1.91. The number of phenolic OH excluding ortho intramolecular Hbond substituents is 1. The first kappa shape index (κ1) is 19.9. The minimum Gasteiger partial charge on any atom is -0.506 e. The first-order valence-electron chi connectivity index (χ1n) is 8.08. The predicted molar refractivity (Wildman–Crippen MR) is 131 cm³/mol. The van der Waals surface area contributed by atoms with Gasteiger partial charge in [-0.1, -0.05) is 29.3 Å². The van der Waals surface area contributed by atoms with E-state index in [4.69, 9.17) is 28.2 Å². The lowest BCUT2D eigenvalue weighted by Crippen LogP contribution is -1.89. The average Bonchev–Trinajstić information content (AvgIpc) is 3.01. The van der Waals surface area contributed by atoms with Crippen molar-refractivity contribution < 1.29 is 5.11 Å². The molecular formula is C20H11Cl2I2N3O. The average molecular weight is 634 g/mol. The molecule has 0 saturated carbocycles. The molecule has 1 N–H and O–H groups in total. The van der Waals surface area contributed by atoms with E-state index in [-0.39, 0.29) is 5.75 Å². The van der Waals surface area contributed by atoms with Gasteiger partial charge in [-0.25, -0.2) is 9.98 Å². The van der Waals surface area contributed by atoms with E-state index >= 15 is 0 Å². The molecule has 2 aromatic heterocycles. The summed E-state index contributed by atoms with van der Waals surface area (Å²) >= 11 is 16.8. The maximum atomic E-state index is 10.4. The Hall–Kier alpha value is -1.36. The smallest absolute Gasteiger partial charge is 0.165 e. The summed E-state index contributed by atoms with van der Waals surface area (Å²) in [7, 11) is 0. The van der Waals surface area contributed by atoms with Crippen molar-refractivity contribution in [3.63, 3.8) is 0 Å². The van der Waals surface area contributed by atoms with E-state index in [9.17, 15) is 5.11 Å². The zero-order chi connectivity index (χ0) is 19.8. The first-order valence-corrected chi connectivity index (χ1v) is 11.0. The van der Waals surface area contributed by atoms with E-state index in [2.05, 4.69) is 50.2 Å². The summed E-state index contributed by atoms with van der Waals surface area (Å²) in [4.78, 5) is 9.36. The van der Waals surface area contributed by atoms with Crippen molar-refractivity contribution in [1.29, 1.82) is 0 Å². The Kier molecular flexibility index (Phi) is 5.82. The second-order valence-electron chi connectivity index (χ2n) is 5.92. The van der Waals surface area contributed by atoms with E-state index in [1.807, 2.05) is 47.0 Å². The topological polar surface area (TPSA) is 49.9 Å². The Morgan fingerprint density at radius 3 is 2.68 bits per heavy atom. The molecule has 0 amide bonds. The summed E-state index contributed by atoms with van der Waals surface area (Å²) in [6.07, 6.45) is 3.53. The Morgan fingerprint density at radius 1 is 1.07 bits per heavy atom. The molecule has 140 valence electrons. The molecule has 4 aromatic rings. The van der Waals surface area contributed by atoms with Crippen LogP contribution in [0.15, 0.2) is 59.7 Å². The van der Waals surface area contributed by atoms with Gasteiger partial charge in [-0.15, -0.1) is 0 Å². The lowest BCUT2D eigenvalue weighted by atomic mass is 10.1. The largest absolute Gasteiger partial charge is 0.506 e. The Labute approximate surface area is 198 Å². The minimum atomic E-state index is 0.199. The standard InChI is InChI=1S/C20H11Cl2I2N3O/c21-12-4-5-14(15(22)8-12)18-20(27-6-2-1-3-17(27)26-18)25-10-11-7-13(23)9-16(24)19(11)28/h1-10,28H/b25-10+. The van der Waals surface area contributed by atoms with Gasteiger partial charge in [0.15, 0.2) is 5.82 Å². The highest BCUT2D eigenvalue weighted by atomic mass is 127. The van der Waals surface area contributed by atoms with Crippen molar-refractivity contribution in [2.45, 2.75) is 0 Å². The summed E-state index contributed by atoms with van der Waals surface area (Å²) in [5.41, 5.74) is 2.76. The molecular weight excluding hydrogens is 623 g/mol.